The van der Waals surface area contributed by atoms with Gasteiger partial charge in [-0.2, -0.15) is 18.2 Å². The van der Waals surface area contributed by atoms with Crippen LogP contribution in [0.25, 0.3) is 0 Å². The maximum Gasteiger partial charge on any atom is 0.416 e. The Bertz CT molecular complexity index is 510. The number of nitrogens with one attached hydrogen (secondary N) is 1. The Kier molecular flexibility index (Phi) is 4.55. The van der Waals surface area contributed by atoms with Gasteiger partial charge in [-0.05, 0) is 18.2 Å². The van der Waals surface area contributed by atoms with Gasteiger partial charge in [-0.3, -0.25) is 0 Å². The van der Waals surface area contributed by atoms with E-state index in [4.69, 9.17) is 0 Å². The summed E-state index contributed by atoms with van der Waals surface area (Å²) in [6.45, 7) is 0. The molecule has 1 aromatic carbocycles. The number of rotatable bonds is 3. The van der Waals surface area contributed by atoms with Gasteiger partial charge in [0.2, 0.25) is 6.26 Å². The van der Waals surface area contributed by atoms with Crippen LogP contribution in [0, 0.1) is 0 Å². The molecule has 1 aromatic rings. The van der Waals surface area contributed by atoms with Crippen molar-refractivity contribution in [3.63, 3.8) is 0 Å². The van der Waals surface area contributed by atoms with E-state index in [0.29, 0.717) is 11.3 Å². The molecule has 2 amide bonds. The van der Waals surface area contributed by atoms with Gasteiger partial charge in [-0.15, -0.1) is 0 Å². The second kappa shape index (κ2) is 5.92. The maximum absolute atomic E-state index is 12.4. The molecule has 0 saturated carbocycles. The maximum atomic E-state index is 12.4. The quantitative estimate of drug-likeness (QED) is 0.523. The molecule has 0 fully saturated rings. The van der Waals surface area contributed by atoms with Gasteiger partial charge >= 0.3 is 12.2 Å². The van der Waals surface area contributed by atoms with E-state index in [9.17, 15) is 22.8 Å². The molecular formula is C11H9F3N2O3. The number of alkyl halides is 3. The summed E-state index contributed by atoms with van der Waals surface area (Å²) >= 11 is 0. The number of anilines is 1. The Morgan fingerprint density at radius 3 is 2.74 bits per heavy atom. The largest absolute Gasteiger partial charge is 0.416 e. The summed E-state index contributed by atoms with van der Waals surface area (Å²) in [6.07, 6.45) is -3.91. The summed E-state index contributed by atoms with van der Waals surface area (Å²) in [5, 5.41) is 2.81. The molecule has 0 atom stereocenters. The van der Waals surface area contributed by atoms with Crippen molar-refractivity contribution in [1.82, 2.24) is 5.06 Å². The van der Waals surface area contributed by atoms with Crippen LogP contribution < -0.4 is 5.32 Å². The second-order valence-electron chi connectivity index (χ2n) is 3.35. The minimum absolute atomic E-state index is 0.0506. The predicted octanol–water partition coefficient (Wildman–Crippen LogP) is 2.45. The number of nitrogens with zero attached hydrogens (tertiary/aromatic N) is 1. The van der Waals surface area contributed by atoms with Crippen molar-refractivity contribution < 1.29 is 27.6 Å². The van der Waals surface area contributed by atoms with Gasteiger partial charge in [0.15, 0.2) is 5.94 Å². The number of benzene rings is 1. The Labute approximate surface area is 106 Å². The first kappa shape index (κ1) is 14.6. The number of hydrogen-bond acceptors (Lipinski definition) is 3. The molecule has 0 radical (unpaired) electrons. The molecule has 0 heterocycles. The number of urea groups is 1. The zero-order valence-electron chi connectivity index (χ0n) is 9.69. The smallest absolute Gasteiger partial charge is 0.372 e. The van der Waals surface area contributed by atoms with E-state index in [1.807, 2.05) is 0 Å². The van der Waals surface area contributed by atoms with Crippen LogP contribution in [0.5, 0.6) is 0 Å². The third-order valence-corrected chi connectivity index (χ3v) is 1.99. The van der Waals surface area contributed by atoms with Crippen molar-refractivity contribution >= 4 is 17.7 Å². The van der Waals surface area contributed by atoms with Gasteiger partial charge in [-0.25, -0.2) is 9.59 Å². The highest BCUT2D eigenvalue weighted by atomic mass is 19.4. The third-order valence-electron chi connectivity index (χ3n) is 1.99. The van der Waals surface area contributed by atoms with E-state index in [1.165, 1.54) is 19.1 Å². The van der Waals surface area contributed by atoms with E-state index in [1.54, 1.807) is 0 Å². The Morgan fingerprint density at radius 2 is 2.16 bits per heavy atom. The lowest BCUT2D eigenvalue weighted by Crippen LogP contribution is -2.30. The minimum Gasteiger partial charge on any atom is -0.372 e. The Morgan fingerprint density at radius 1 is 1.47 bits per heavy atom. The van der Waals surface area contributed by atoms with Crippen molar-refractivity contribution in [2.75, 3.05) is 12.4 Å². The number of hydroxylamine groups is 2. The summed E-state index contributed by atoms with van der Waals surface area (Å²) < 4.78 is 37.3. The van der Waals surface area contributed by atoms with Crippen LogP contribution in [0.2, 0.25) is 0 Å². The first-order valence-electron chi connectivity index (χ1n) is 4.92. The van der Waals surface area contributed by atoms with Crippen LogP contribution in [-0.4, -0.2) is 24.1 Å². The van der Waals surface area contributed by atoms with Gasteiger partial charge < -0.3 is 10.2 Å². The van der Waals surface area contributed by atoms with Crippen molar-refractivity contribution in [3.8, 4) is 0 Å². The molecule has 5 nitrogen and oxygen atoms in total. The van der Waals surface area contributed by atoms with Gasteiger partial charge in [0, 0.05) is 5.69 Å². The molecular weight excluding hydrogens is 265 g/mol. The fourth-order valence-electron chi connectivity index (χ4n) is 1.12. The highest BCUT2D eigenvalue weighted by Gasteiger charge is 2.30. The van der Waals surface area contributed by atoms with Gasteiger partial charge in [0.1, 0.15) is 0 Å². The molecule has 102 valence electrons. The lowest BCUT2D eigenvalue weighted by Gasteiger charge is -2.15. The standard InChI is InChI=1S/C11H9F3N2O3/c1-16(19-6-5-17)10(18)15-9-4-2-3-8(7-9)11(12,13)14/h2-4,6-7H,1H3,(H,15,18). The minimum atomic E-state index is -4.50. The van der Waals surface area contributed by atoms with Crippen LogP contribution in [0.4, 0.5) is 23.7 Å². The molecule has 0 aliphatic heterocycles. The normalized spacial score (nSPS) is 10.3. The van der Waals surface area contributed by atoms with E-state index >= 15 is 0 Å². The highest BCUT2D eigenvalue weighted by Crippen LogP contribution is 2.30. The van der Waals surface area contributed by atoms with E-state index in [-0.39, 0.29) is 5.69 Å². The average Bonchev–Trinajstić information content (AvgIpc) is 2.35. The summed E-state index contributed by atoms with van der Waals surface area (Å²) in [5.74, 6) is 1.28. The molecule has 0 bridgehead atoms. The third kappa shape index (κ3) is 4.36. The number of carbonyl (C=O) groups excluding carboxylic acids is 2. The number of carbonyl (C=O) groups is 1. The molecule has 8 heteroatoms. The predicted molar refractivity (Wildman–Crippen MR) is 59.6 cm³/mol. The molecule has 0 saturated heterocycles. The van der Waals surface area contributed by atoms with E-state index in [2.05, 4.69) is 10.2 Å². The summed E-state index contributed by atoms with van der Waals surface area (Å²) in [5.41, 5.74) is -0.938. The van der Waals surface area contributed by atoms with Crippen LogP contribution in [-0.2, 0) is 15.8 Å². The van der Waals surface area contributed by atoms with E-state index in [0.717, 1.165) is 18.2 Å². The molecule has 1 N–H and O–H groups in total. The summed E-state index contributed by atoms with van der Waals surface area (Å²) in [4.78, 5) is 25.8. The van der Waals surface area contributed by atoms with Gasteiger partial charge in [0.25, 0.3) is 0 Å². The lowest BCUT2D eigenvalue weighted by atomic mass is 10.2. The second-order valence-corrected chi connectivity index (χ2v) is 3.35. The zero-order valence-corrected chi connectivity index (χ0v) is 9.69. The summed E-state index contributed by atoms with van der Waals surface area (Å²) in [7, 11) is 1.18. The number of halogens is 3. The fraction of sp³-hybridized carbons (Fsp3) is 0.182. The molecule has 0 aliphatic rings. The van der Waals surface area contributed by atoms with Crippen molar-refractivity contribution in [1.29, 1.82) is 0 Å². The zero-order chi connectivity index (χ0) is 14.5. The monoisotopic (exact) mass is 274 g/mol. The summed E-state index contributed by atoms with van der Waals surface area (Å²) in [6, 6.07) is 3.26. The average molecular weight is 274 g/mol. The van der Waals surface area contributed by atoms with E-state index < -0.39 is 17.8 Å². The lowest BCUT2D eigenvalue weighted by molar-refractivity contribution is -0.137. The molecule has 0 aromatic heterocycles. The molecule has 0 aliphatic carbocycles. The van der Waals surface area contributed by atoms with Crippen molar-refractivity contribution in [2.45, 2.75) is 6.18 Å². The molecule has 0 spiro atoms. The molecule has 1 rings (SSSR count). The van der Waals surface area contributed by atoms with Crippen LogP contribution >= 0.6 is 0 Å². The first-order chi connectivity index (χ1) is 8.84. The topological polar surface area (TPSA) is 58.6 Å². The Hall–Kier alpha value is -2.47. The highest BCUT2D eigenvalue weighted by molar-refractivity contribution is 5.88. The van der Waals surface area contributed by atoms with Crippen LogP contribution in [0.1, 0.15) is 5.56 Å². The number of amides is 2. The SMILES string of the molecule is CN(OC=C=O)C(=O)Nc1cccc(C(F)(F)F)c1. The van der Waals surface area contributed by atoms with Crippen molar-refractivity contribution in [3.05, 3.63) is 36.1 Å². The van der Waals surface area contributed by atoms with Crippen LogP contribution in [0.3, 0.4) is 0 Å². The Balaban J connectivity index is 2.77. The van der Waals surface area contributed by atoms with Gasteiger partial charge in [0.05, 0.1) is 12.6 Å². The number of hydrogen-bond donors (Lipinski definition) is 1. The molecule has 19 heavy (non-hydrogen) atoms. The van der Waals surface area contributed by atoms with Crippen LogP contribution in [0.15, 0.2) is 30.5 Å². The van der Waals surface area contributed by atoms with Gasteiger partial charge in [-0.1, -0.05) is 6.07 Å². The first-order valence-corrected chi connectivity index (χ1v) is 4.92. The molecule has 0 unspecified atom stereocenters. The van der Waals surface area contributed by atoms with Crippen molar-refractivity contribution in [2.24, 2.45) is 0 Å². The fourth-order valence-corrected chi connectivity index (χ4v) is 1.12.